The number of likely N-dealkylation sites (tertiary alicyclic amines) is 1. The van der Waals surface area contributed by atoms with Crippen LogP contribution in [-0.4, -0.2) is 49.5 Å². The van der Waals surface area contributed by atoms with Crippen molar-refractivity contribution in [2.24, 2.45) is 21.8 Å². The minimum absolute atomic E-state index is 0.0393. The molecule has 1 aliphatic carbocycles. The fourth-order valence-electron chi connectivity index (χ4n) is 4.42. The monoisotopic (exact) mass is 398 g/mol. The number of anilines is 1. The van der Waals surface area contributed by atoms with Gasteiger partial charge in [-0.2, -0.15) is 5.10 Å². The Morgan fingerprint density at radius 1 is 1.24 bits per heavy atom. The zero-order chi connectivity index (χ0) is 21.4. The summed E-state index contributed by atoms with van der Waals surface area (Å²) >= 11 is 0. The Kier molecular flexibility index (Phi) is 5.52. The van der Waals surface area contributed by atoms with Crippen molar-refractivity contribution in [2.75, 3.05) is 25.5 Å². The number of carbonyl (C=O) groups is 3. The number of hydrazone groups is 1. The van der Waals surface area contributed by atoms with Gasteiger partial charge in [0.05, 0.1) is 11.6 Å². The number of fused-ring (bicyclic) bond motifs is 2. The van der Waals surface area contributed by atoms with E-state index in [4.69, 9.17) is 0 Å². The molecule has 0 aromatic heterocycles. The maximum absolute atomic E-state index is 13.0. The Labute approximate surface area is 172 Å². The lowest BCUT2D eigenvalue weighted by molar-refractivity contribution is -0.167. The number of carbonyl (C=O) groups excluding carboxylic acids is 3. The first-order valence-electron chi connectivity index (χ1n) is 10.0. The number of nitrogens with one attached hydrogen (secondary N) is 1. The van der Waals surface area contributed by atoms with Crippen LogP contribution in [0.3, 0.4) is 0 Å². The molecule has 1 aromatic carbocycles. The summed E-state index contributed by atoms with van der Waals surface area (Å²) in [6, 6.07) is 7.75. The molecule has 1 heterocycles. The fraction of sp³-hybridized carbons (Fsp3) is 0.545. The molecule has 29 heavy (non-hydrogen) atoms. The molecule has 0 unspecified atom stereocenters. The van der Waals surface area contributed by atoms with E-state index in [-0.39, 0.29) is 42.0 Å². The van der Waals surface area contributed by atoms with Crippen LogP contribution in [0.15, 0.2) is 29.4 Å². The lowest BCUT2D eigenvalue weighted by atomic mass is 9.62. The highest BCUT2D eigenvalue weighted by Crippen LogP contribution is 2.59. The number of benzene rings is 1. The number of piperidine rings is 1. The smallest absolute Gasteiger partial charge is 0.241 e. The van der Waals surface area contributed by atoms with E-state index in [9.17, 15) is 14.4 Å². The van der Waals surface area contributed by atoms with Gasteiger partial charge in [0.25, 0.3) is 0 Å². The average molecular weight is 399 g/mol. The molecule has 1 aliphatic heterocycles. The van der Waals surface area contributed by atoms with Gasteiger partial charge in [-0.15, -0.1) is 0 Å². The highest BCUT2D eigenvalue weighted by Gasteiger charge is 2.64. The summed E-state index contributed by atoms with van der Waals surface area (Å²) in [4.78, 5) is 41.2. The van der Waals surface area contributed by atoms with E-state index in [0.717, 1.165) is 24.1 Å². The quantitative estimate of drug-likeness (QED) is 0.453. The van der Waals surface area contributed by atoms with Gasteiger partial charge >= 0.3 is 0 Å². The van der Waals surface area contributed by atoms with Gasteiger partial charge in [-0.25, -0.2) is 5.43 Å². The lowest BCUT2D eigenvalue weighted by Crippen LogP contribution is -2.59. The third kappa shape index (κ3) is 3.66. The van der Waals surface area contributed by atoms with Crippen molar-refractivity contribution in [3.05, 3.63) is 29.8 Å². The van der Waals surface area contributed by atoms with Crippen molar-refractivity contribution in [3.8, 4) is 0 Å². The standard InChI is InChI=1S/C22H30N4O3/c1-21(2)17-10-12-22(21,3)20(29)26(19(17)28)13-11-18(27)24-23-14-15-6-8-16(9-7-15)25(4)5/h6-9,14,17H,10-13H2,1-5H3,(H,24,27)/b23-14-/t17-,22+/m1/s1. The maximum atomic E-state index is 13.0. The van der Waals surface area contributed by atoms with Crippen LogP contribution in [0.2, 0.25) is 0 Å². The number of hydrogen-bond donors (Lipinski definition) is 1. The molecular weight excluding hydrogens is 368 g/mol. The van der Waals surface area contributed by atoms with Crippen LogP contribution in [0.25, 0.3) is 0 Å². The average Bonchev–Trinajstić information content (AvgIpc) is 2.85. The molecule has 0 spiro atoms. The molecule has 1 saturated heterocycles. The van der Waals surface area contributed by atoms with Crippen molar-refractivity contribution in [2.45, 2.75) is 40.0 Å². The van der Waals surface area contributed by atoms with Crippen LogP contribution in [0, 0.1) is 16.7 Å². The summed E-state index contributed by atoms with van der Waals surface area (Å²) in [5.74, 6) is -0.781. The predicted molar refractivity (Wildman–Crippen MR) is 112 cm³/mol. The van der Waals surface area contributed by atoms with Crippen molar-refractivity contribution in [1.29, 1.82) is 0 Å². The number of amides is 3. The summed E-state index contributed by atoms with van der Waals surface area (Å²) < 4.78 is 0. The Morgan fingerprint density at radius 3 is 2.52 bits per heavy atom. The van der Waals surface area contributed by atoms with Crippen molar-refractivity contribution in [1.82, 2.24) is 10.3 Å². The van der Waals surface area contributed by atoms with Crippen LogP contribution in [0.5, 0.6) is 0 Å². The SMILES string of the molecule is CN(C)c1ccc(/C=N\NC(=O)CCN2C(=O)[C@H]3CC[C@@](C)(C2=O)C3(C)C)cc1. The van der Waals surface area contributed by atoms with Crippen molar-refractivity contribution < 1.29 is 14.4 Å². The number of hydrogen-bond acceptors (Lipinski definition) is 5. The second-order valence-corrected chi connectivity index (χ2v) is 8.97. The molecule has 0 radical (unpaired) electrons. The van der Waals surface area contributed by atoms with E-state index in [1.165, 1.54) is 4.90 Å². The van der Waals surface area contributed by atoms with Gasteiger partial charge in [-0.1, -0.05) is 32.9 Å². The van der Waals surface area contributed by atoms with Crippen molar-refractivity contribution in [3.63, 3.8) is 0 Å². The number of rotatable bonds is 6. The molecular formula is C22H30N4O3. The van der Waals surface area contributed by atoms with Gasteiger partial charge < -0.3 is 4.90 Å². The minimum Gasteiger partial charge on any atom is -0.378 e. The van der Waals surface area contributed by atoms with E-state index in [0.29, 0.717) is 0 Å². The van der Waals surface area contributed by atoms with Crippen LogP contribution in [-0.2, 0) is 14.4 Å². The van der Waals surface area contributed by atoms with E-state index < -0.39 is 5.41 Å². The zero-order valence-corrected chi connectivity index (χ0v) is 17.9. The molecule has 2 bridgehead atoms. The molecule has 156 valence electrons. The molecule has 7 nitrogen and oxygen atoms in total. The lowest BCUT2D eigenvalue weighted by Gasteiger charge is -2.47. The van der Waals surface area contributed by atoms with Gasteiger partial charge in [0.15, 0.2) is 0 Å². The molecule has 2 atom stereocenters. The van der Waals surface area contributed by atoms with Crippen LogP contribution in [0.1, 0.15) is 45.6 Å². The number of imide groups is 1. The summed E-state index contributed by atoms with van der Waals surface area (Å²) in [5.41, 5.74) is 3.53. The molecule has 2 fully saturated rings. The molecule has 2 aliphatic rings. The van der Waals surface area contributed by atoms with Gasteiger partial charge in [0, 0.05) is 38.7 Å². The predicted octanol–water partition coefficient (Wildman–Crippen LogP) is 2.40. The highest BCUT2D eigenvalue weighted by molar-refractivity contribution is 6.04. The summed E-state index contributed by atoms with van der Waals surface area (Å²) in [7, 11) is 3.93. The normalized spacial score (nSPS) is 25.6. The highest BCUT2D eigenvalue weighted by atomic mass is 16.2. The van der Waals surface area contributed by atoms with Gasteiger partial charge in [-0.05, 0) is 36.0 Å². The zero-order valence-electron chi connectivity index (χ0n) is 17.9. The first kappa shape index (κ1) is 21.0. The first-order chi connectivity index (χ1) is 13.6. The maximum Gasteiger partial charge on any atom is 0.241 e. The Morgan fingerprint density at radius 2 is 1.90 bits per heavy atom. The second kappa shape index (κ2) is 7.61. The van der Waals surface area contributed by atoms with E-state index in [2.05, 4.69) is 10.5 Å². The van der Waals surface area contributed by atoms with Crippen LogP contribution in [0.4, 0.5) is 5.69 Å². The minimum atomic E-state index is -0.543. The second-order valence-electron chi connectivity index (χ2n) is 8.97. The van der Waals surface area contributed by atoms with Gasteiger partial charge in [0.1, 0.15) is 0 Å². The van der Waals surface area contributed by atoms with Gasteiger partial charge in [-0.3, -0.25) is 19.3 Å². The largest absolute Gasteiger partial charge is 0.378 e. The molecule has 3 rings (SSSR count). The summed E-state index contributed by atoms with van der Waals surface area (Å²) in [6.45, 7) is 6.05. The van der Waals surface area contributed by atoms with Crippen LogP contribution >= 0.6 is 0 Å². The first-order valence-corrected chi connectivity index (χ1v) is 10.0. The van der Waals surface area contributed by atoms with Crippen molar-refractivity contribution >= 4 is 29.6 Å². The van der Waals surface area contributed by atoms with E-state index >= 15 is 0 Å². The van der Waals surface area contributed by atoms with E-state index in [1.54, 1.807) is 6.21 Å². The fourth-order valence-corrected chi connectivity index (χ4v) is 4.42. The number of nitrogens with zero attached hydrogens (tertiary/aromatic N) is 3. The summed E-state index contributed by atoms with van der Waals surface area (Å²) in [5, 5.41) is 3.97. The third-order valence-corrected chi connectivity index (χ3v) is 6.88. The Hall–Kier alpha value is -2.70. The van der Waals surface area contributed by atoms with Crippen LogP contribution < -0.4 is 10.3 Å². The molecule has 7 heteroatoms. The Bertz CT molecular complexity index is 844. The molecule has 1 saturated carbocycles. The van der Waals surface area contributed by atoms with Gasteiger partial charge in [0.2, 0.25) is 17.7 Å². The molecule has 3 amide bonds. The topological polar surface area (TPSA) is 82.1 Å². The summed E-state index contributed by atoms with van der Waals surface area (Å²) in [6.07, 6.45) is 3.05. The molecule has 1 N–H and O–H groups in total. The Balaban J connectivity index is 1.54. The van der Waals surface area contributed by atoms with E-state index in [1.807, 2.05) is 64.0 Å². The third-order valence-electron chi connectivity index (χ3n) is 6.88. The molecule has 1 aromatic rings.